The summed E-state index contributed by atoms with van der Waals surface area (Å²) in [7, 11) is 0. The molecule has 1 aliphatic carbocycles. The standard InChI is InChI=1S/C21H19F4N5O2/c1-10-14(15-17(29-20(2)3-4-20)27-9-28-18(15)32-10)19(31)30-7-11(8-30)16-13(22)5-12(6-26-16)21(23,24)25/h5-6,9,11H,3-4,7-8H2,1-2H3,(H,27,28,29). The summed E-state index contributed by atoms with van der Waals surface area (Å²) in [5.41, 5.74) is -0.689. The Labute approximate surface area is 179 Å². The van der Waals surface area contributed by atoms with E-state index in [1.165, 1.54) is 11.2 Å². The zero-order chi connectivity index (χ0) is 22.8. The van der Waals surface area contributed by atoms with Crippen molar-refractivity contribution in [2.75, 3.05) is 18.4 Å². The van der Waals surface area contributed by atoms with Crippen molar-refractivity contribution >= 4 is 22.8 Å². The first-order chi connectivity index (χ1) is 15.1. The monoisotopic (exact) mass is 449 g/mol. The number of carbonyl (C=O) groups is 1. The number of aromatic nitrogens is 3. The number of aryl methyl sites for hydroxylation is 1. The van der Waals surface area contributed by atoms with E-state index in [-0.39, 0.29) is 30.2 Å². The van der Waals surface area contributed by atoms with Crippen LogP contribution in [0.4, 0.5) is 23.4 Å². The summed E-state index contributed by atoms with van der Waals surface area (Å²) in [6, 6.07) is 0.439. The minimum absolute atomic E-state index is 0.0804. The van der Waals surface area contributed by atoms with Crippen molar-refractivity contribution in [3.63, 3.8) is 0 Å². The number of amides is 1. The Hall–Kier alpha value is -3.24. The molecule has 1 N–H and O–H groups in total. The second-order valence-electron chi connectivity index (χ2n) is 8.62. The molecule has 7 nitrogen and oxygen atoms in total. The lowest BCUT2D eigenvalue weighted by Gasteiger charge is -2.39. The average Bonchev–Trinajstić information content (AvgIpc) is 3.29. The summed E-state index contributed by atoms with van der Waals surface area (Å²) in [4.78, 5) is 26.8. The van der Waals surface area contributed by atoms with E-state index in [9.17, 15) is 22.4 Å². The van der Waals surface area contributed by atoms with Crippen LogP contribution >= 0.6 is 0 Å². The summed E-state index contributed by atoms with van der Waals surface area (Å²) in [5.74, 6) is -0.943. The Morgan fingerprint density at radius 3 is 2.59 bits per heavy atom. The van der Waals surface area contributed by atoms with Gasteiger partial charge in [-0.25, -0.2) is 14.4 Å². The van der Waals surface area contributed by atoms with Crippen LogP contribution in [0.25, 0.3) is 11.1 Å². The molecule has 0 spiro atoms. The van der Waals surface area contributed by atoms with Gasteiger partial charge in [-0.05, 0) is 32.8 Å². The van der Waals surface area contributed by atoms with Gasteiger partial charge in [-0.1, -0.05) is 0 Å². The molecule has 32 heavy (non-hydrogen) atoms. The third-order valence-corrected chi connectivity index (χ3v) is 6.05. The summed E-state index contributed by atoms with van der Waals surface area (Å²) >= 11 is 0. The van der Waals surface area contributed by atoms with Gasteiger partial charge >= 0.3 is 6.18 Å². The molecule has 168 valence electrons. The molecule has 0 unspecified atom stereocenters. The van der Waals surface area contributed by atoms with E-state index in [0.29, 0.717) is 40.5 Å². The van der Waals surface area contributed by atoms with Gasteiger partial charge in [0.1, 0.15) is 23.7 Å². The van der Waals surface area contributed by atoms with Crippen molar-refractivity contribution in [1.82, 2.24) is 19.9 Å². The fourth-order valence-corrected chi connectivity index (χ4v) is 3.87. The Morgan fingerprint density at radius 2 is 1.97 bits per heavy atom. The second kappa shape index (κ2) is 6.88. The van der Waals surface area contributed by atoms with Crippen molar-refractivity contribution < 1.29 is 26.8 Å². The van der Waals surface area contributed by atoms with Crippen LogP contribution in [0.1, 0.15) is 53.1 Å². The van der Waals surface area contributed by atoms with Crippen molar-refractivity contribution in [3.8, 4) is 0 Å². The van der Waals surface area contributed by atoms with E-state index in [2.05, 4.69) is 27.2 Å². The van der Waals surface area contributed by atoms with Gasteiger partial charge in [0.05, 0.1) is 22.2 Å². The summed E-state index contributed by atoms with van der Waals surface area (Å²) in [6.45, 7) is 3.98. The maximum Gasteiger partial charge on any atom is 0.417 e. The van der Waals surface area contributed by atoms with E-state index in [1.54, 1.807) is 6.92 Å². The molecule has 0 radical (unpaired) electrons. The van der Waals surface area contributed by atoms with Gasteiger partial charge in [0, 0.05) is 30.7 Å². The molecule has 2 fully saturated rings. The van der Waals surface area contributed by atoms with E-state index in [1.807, 2.05) is 0 Å². The third kappa shape index (κ3) is 3.45. The molecule has 0 bridgehead atoms. The van der Waals surface area contributed by atoms with E-state index < -0.39 is 23.5 Å². The first-order valence-corrected chi connectivity index (χ1v) is 10.1. The molecule has 0 atom stereocenters. The molecule has 0 aromatic carbocycles. The molecule has 1 aliphatic heterocycles. The van der Waals surface area contributed by atoms with Crippen LogP contribution < -0.4 is 5.32 Å². The molecular formula is C21H19F4N5O2. The fraction of sp³-hybridized carbons (Fsp3) is 0.429. The Morgan fingerprint density at radius 1 is 1.25 bits per heavy atom. The molecule has 1 saturated heterocycles. The number of hydrogen-bond donors (Lipinski definition) is 1. The van der Waals surface area contributed by atoms with Crippen LogP contribution in [0.5, 0.6) is 0 Å². The SMILES string of the molecule is Cc1oc2ncnc(NC3(C)CC3)c2c1C(=O)N1CC(c2ncc(C(F)(F)F)cc2F)C1. The summed E-state index contributed by atoms with van der Waals surface area (Å²) in [5, 5.41) is 3.84. The number of fused-ring (bicyclic) bond motifs is 1. The lowest BCUT2D eigenvalue weighted by molar-refractivity contribution is -0.138. The van der Waals surface area contributed by atoms with Crippen LogP contribution in [0.3, 0.4) is 0 Å². The summed E-state index contributed by atoms with van der Waals surface area (Å²) < 4.78 is 58.1. The zero-order valence-electron chi connectivity index (χ0n) is 17.3. The topological polar surface area (TPSA) is 84.2 Å². The lowest BCUT2D eigenvalue weighted by Crippen LogP contribution is -2.49. The quantitative estimate of drug-likeness (QED) is 0.599. The first kappa shape index (κ1) is 20.7. The third-order valence-electron chi connectivity index (χ3n) is 6.05. The number of pyridine rings is 1. The molecular weight excluding hydrogens is 430 g/mol. The van der Waals surface area contributed by atoms with Gasteiger partial charge in [-0.15, -0.1) is 0 Å². The second-order valence-corrected chi connectivity index (χ2v) is 8.62. The Bertz CT molecular complexity index is 1230. The number of halogens is 4. The number of nitrogens with one attached hydrogen (secondary N) is 1. The van der Waals surface area contributed by atoms with Gasteiger partial charge in [0.15, 0.2) is 0 Å². The molecule has 1 saturated carbocycles. The van der Waals surface area contributed by atoms with Gasteiger partial charge in [0.25, 0.3) is 5.91 Å². The zero-order valence-corrected chi connectivity index (χ0v) is 17.3. The van der Waals surface area contributed by atoms with Crippen LogP contribution in [0, 0.1) is 12.7 Å². The maximum absolute atomic E-state index is 14.2. The summed E-state index contributed by atoms with van der Waals surface area (Å²) in [6.07, 6.45) is -0.716. The number of furan rings is 1. The number of anilines is 1. The van der Waals surface area contributed by atoms with Gasteiger partial charge in [-0.3, -0.25) is 9.78 Å². The minimum atomic E-state index is -4.67. The van der Waals surface area contributed by atoms with Crippen LogP contribution in [-0.4, -0.2) is 44.4 Å². The highest BCUT2D eigenvalue weighted by Crippen LogP contribution is 2.41. The molecule has 3 aromatic heterocycles. The van der Waals surface area contributed by atoms with E-state index in [4.69, 9.17) is 4.42 Å². The number of likely N-dealkylation sites (tertiary alicyclic amines) is 1. The highest BCUT2D eigenvalue weighted by Gasteiger charge is 2.41. The van der Waals surface area contributed by atoms with Crippen LogP contribution in [-0.2, 0) is 6.18 Å². The van der Waals surface area contributed by atoms with Crippen molar-refractivity contribution in [1.29, 1.82) is 0 Å². The predicted molar refractivity (Wildman–Crippen MR) is 106 cm³/mol. The normalized spacial score (nSPS) is 18.0. The van der Waals surface area contributed by atoms with Crippen molar-refractivity contribution in [2.24, 2.45) is 0 Å². The smallest absolute Gasteiger partial charge is 0.417 e. The van der Waals surface area contributed by atoms with Crippen LogP contribution in [0.2, 0.25) is 0 Å². The molecule has 2 aliphatic rings. The number of alkyl halides is 3. The highest BCUT2D eigenvalue weighted by molar-refractivity contribution is 6.10. The molecule has 1 amide bonds. The van der Waals surface area contributed by atoms with Crippen LogP contribution in [0.15, 0.2) is 23.0 Å². The largest absolute Gasteiger partial charge is 0.442 e. The Balaban J connectivity index is 1.38. The molecule has 5 rings (SSSR count). The maximum atomic E-state index is 14.2. The first-order valence-electron chi connectivity index (χ1n) is 10.1. The van der Waals surface area contributed by atoms with Gasteiger partial charge < -0.3 is 14.6 Å². The lowest BCUT2D eigenvalue weighted by atomic mass is 9.93. The highest BCUT2D eigenvalue weighted by atomic mass is 19.4. The average molecular weight is 449 g/mol. The number of rotatable bonds is 4. The molecule has 11 heteroatoms. The van der Waals surface area contributed by atoms with Crippen molar-refractivity contribution in [3.05, 3.63) is 47.0 Å². The molecule has 4 heterocycles. The van der Waals surface area contributed by atoms with Gasteiger partial charge in [0.2, 0.25) is 5.71 Å². The van der Waals surface area contributed by atoms with Gasteiger partial charge in [-0.2, -0.15) is 13.2 Å². The van der Waals surface area contributed by atoms with E-state index in [0.717, 1.165) is 12.8 Å². The number of nitrogens with zero attached hydrogens (tertiary/aromatic N) is 4. The predicted octanol–water partition coefficient (Wildman–Crippen LogP) is 4.29. The molecule has 3 aromatic rings. The van der Waals surface area contributed by atoms with E-state index >= 15 is 0 Å². The van der Waals surface area contributed by atoms with Crippen molar-refractivity contribution in [2.45, 2.75) is 44.3 Å². The fourth-order valence-electron chi connectivity index (χ4n) is 3.87. The number of carbonyl (C=O) groups excluding carboxylic acids is 1. The minimum Gasteiger partial charge on any atom is -0.442 e. The Kier molecular flexibility index (Phi) is 4.44. The number of hydrogen-bond acceptors (Lipinski definition) is 6.